The van der Waals surface area contributed by atoms with Crippen LogP contribution in [0.15, 0.2) is 24.3 Å². The molecule has 7 nitrogen and oxygen atoms in total. The van der Waals surface area contributed by atoms with Crippen LogP contribution in [0.2, 0.25) is 0 Å². The van der Waals surface area contributed by atoms with Gasteiger partial charge >= 0.3 is 0 Å². The number of rotatable bonds is 5. The van der Waals surface area contributed by atoms with Crippen LogP contribution in [-0.4, -0.2) is 45.4 Å². The number of nitrogens with zero attached hydrogens (tertiary/aromatic N) is 5. The molecule has 3 heterocycles. The summed E-state index contributed by atoms with van der Waals surface area (Å²) in [6.45, 7) is 2.63. The minimum absolute atomic E-state index is 0.161. The first-order chi connectivity index (χ1) is 13.3. The van der Waals surface area contributed by atoms with E-state index in [0.29, 0.717) is 11.8 Å². The number of allylic oxidation sites excluding steroid dienone is 2. The Morgan fingerprint density at radius 2 is 2.04 bits per heavy atom. The van der Waals surface area contributed by atoms with Gasteiger partial charge in [-0.15, -0.1) is 15.3 Å². The number of anilines is 1. The van der Waals surface area contributed by atoms with E-state index in [1.807, 2.05) is 16.6 Å². The second-order valence-electron chi connectivity index (χ2n) is 8.15. The lowest BCUT2D eigenvalue weighted by Crippen LogP contribution is -2.52. The van der Waals surface area contributed by atoms with E-state index in [1.54, 1.807) is 0 Å². The number of hydrogen-bond acceptors (Lipinski definition) is 5. The Labute approximate surface area is 158 Å². The number of carbonyl (C=O) groups excluding carboxylic acids is 1. The summed E-state index contributed by atoms with van der Waals surface area (Å²) < 4.78 is 1.92. The highest BCUT2D eigenvalue weighted by atomic mass is 16.1. The SMILES string of the molecule is O=C(NCC1CN(c2ccc3nnc(C4CCC4)n3n2)C1)C1CC=CCC1. The zero-order valence-corrected chi connectivity index (χ0v) is 15.5. The van der Waals surface area contributed by atoms with Crippen molar-refractivity contribution in [2.75, 3.05) is 24.5 Å². The second kappa shape index (κ2) is 6.94. The Bertz CT molecular complexity index is 864. The minimum Gasteiger partial charge on any atom is -0.355 e. The fraction of sp³-hybridized carbons (Fsp3) is 0.600. The molecule has 7 heteroatoms. The first-order valence-corrected chi connectivity index (χ1v) is 10.2. The topological polar surface area (TPSA) is 75.4 Å². The number of carbonyl (C=O) groups is 1. The van der Waals surface area contributed by atoms with Crippen LogP contribution >= 0.6 is 0 Å². The molecule has 0 spiro atoms. The molecule has 27 heavy (non-hydrogen) atoms. The maximum absolute atomic E-state index is 12.3. The molecule has 0 bridgehead atoms. The zero-order valence-electron chi connectivity index (χ0n) is 15.5. The van der Waals surface area contributed by atoms with Crippen molar-refractivity contribution in [1.82, 2.24) is 25.1 Å². The normalized spacial score (nSPS) is 23.3. The summed E-state index contributed by atoms with van der Waals surface area (Å²) in [5.74, 6) is 3.36. The third kappa shape index (κ3) is 3.19. The van der Waals surface area contributed by atoms with Gasteiger partial charge in [0.2, 0.25) is 5.91 Å². The van der Waals surface area contributed by atoms with Crippen molar-refractivity contribution in [3.05, 3.63) is 30.1 Å². The average molecular weight is 366 g/mol. The van der Waals surface area contributed by atoms with Gasteiger partial charge in [0, 0.05) is 37.4 Å². The molecule has 1 saturated carbocycles. The summed E-state index contributed by atoms with van der Waals surface area (Å²) in [6, 6.07) is 4.03. The summed E-state index contributed by atoms with van der Waals surface area (Å²) in [5.41, 5.74) is 0.825. The van der Waals surface area contributed by atoms with Gasteiger partial charge in [0.15, 0.2) is 11.5 Å². The number of amides is 1. The van der Waals surface area contributed by atoms with Crippen molar-refractivity contribution >= 4 is 17.4 Å². The van der Waals surface area contributed by atoms with Crippen LogP contribution in [0, 0.1) is 11.8 Å². The minimum atomic E-state index is 0.161. The molecule has 1 atom stereocenters. The average Bonchev–Trinajstić information content (AvgIpc) is 3.02. The highest BCUT2D eigenvalue weighted by Gasteiger charge is 2.30. The smallest absolute Gasteiger partial charge is 0.223 e. The van der Waals surface area contributed by atoms with Crippen LogP contribution in [0.1, 0.15) is 50.3 Å². The fourth-order valence-corrected chi connectivity index (χ4v) is 4.19. The lowest BCUT2D eigenvalue weighted by atomic mass is 9.85. The largest absolute Gasteiger partial charge is 0.355 e. The maximum atomic E-state index is 12.3. The van der Waals surface area contributed by atoms with Gasteiger partial charge in [0.25, 0.3) is 0 Å². The van der Waals surface area contributed by atoms with Crippen LogP contribution in [0.3, 0.4) is 0 Å². The van der Waals surface area contributed by atoms with Gasteiger partial charge in [-0.3, -0.25) is 4.79 Å². The molecule has 3 aliphatic rings. The van der Waals surface area contributed by atoms with Crippen molar-refractivity contribution in [3.8, 4) is 0 Å². The van der Waals surface area contributed by atoms with Crippen LogP contribution in [-0.2, 0) is 4.79 Å². The predicted molar refractivity (Wildman–Crippen MR) is 103 cm³/mol. The fourth-order valence-electron chi connectivity index (χ4n) is 4.19. The highest BCUT2D eigenvalue weighted by molar-refractivity contribution is 5.79. The third-order valence-electron chi connectivity index (χ3n) is 6.23. The van der Waals surface area contributed by atoms with E-state index in [0.717, 1.165) is 56.2 Å². The first kappa shape index (κ1) is 16.7. The third-order valence-corrected chi connectivity index (χ3v) is 6.23. The van der Waals surface area contributed by atoms with Gasteiger partial charge in [-0.05, 0) is 44.2 Å². The van der Waals surface area contributed by atoms with E-state index >= 15 is 0 Å². The van der Waals surface area contributed by atoms with Gasteiger partial charge in [-0.1, -0.05) is 18.6 Å². The molecule has 5 rings (SSSR count). The molecule has 1 saturated heterocycles. The van der Waals surface area contributed by atoms with E-state index in [1.165, 1.54) is 19.3 Å². The van der Waals surface area contributed by atoms with Crippen LogP contribution in [0.4, 0.5) is 5.82 Å². The predicted octanol–water partition coefficient (Wildman–Crippen LogP) is 2.30. The Kier molecular flexibility index (Phi) is 4.30. The number of aromatic nitrogens is 4. The number of fused-ring (bicyclic) bond motifs is 1. The maximum Gasteiger partial charge on any atom is 0.223 e. The van der Waals surface area contributed by atoms with Crippen molar-refractivity contribution in [3.63, 3.8) is 0 Å². The second-order valence-corrected chi connectivity index (χ2v) is 8.15. The number of nitrogens with one attached hydrogen (secondary N) is 1. The molecule has 2 aliphatic carbocycles. The van der Waals surface area contributed by atoms with Crippen LogP contribution in [0.5, 0.6) is 0 Å². The summed E-state index contributed by atoms with van der Waals surface area (Å²) >= 11 is 0. The molecule has 1 amide bonds. The highest BCUT2D eigenvalue weighted by Crippen LogP contribution is 2.35. The van der Waals surface area contributed by atoms with Gasteiger partial charge in [-0.25, -0.2) is 0 Å². The summed E-state index contributed by atoms with van der Waals surface area (Å²) in [6.07, 6.45) is 10.8. The molecule has 1 N–H and O–H groups in total. The van der Waals surface area contributed by atoms with Crippen LogP contribution in [0.25, 0.3) is 5.65 Å². The van der Waals surface area contributed by atoms with Crippen molar-refractivity contribution in [2.24, 2.45) is 11.8 Å². The van der Waals surface area contributed by atoms with Gasteiger partial charge in [0.05, 0.1) is 0 Å². The van der Waals surface area contributed by atoms with Crippen molar-refractivity contribution in [1.29, 1.82) is 0 Å². The first-order valence-electron chi connectivity index (χ1n) is 10.2. The molecular formula is C20H26N6O. The van der Waals surface area contributed by atoms with E-state index in [4.69, 9.17) is 5.10 Å². The van der Waals surface area contributed by atoms with Crippen molar-refractivity contribution < 1.29 is 4.79 Å². The molecule has 1 aliphatic heterocycles. The molecule has 2 aromatic heterocycles. The lowest BCUT2D eigenvalue weighted by Gasteiger charge is -2.40. The van der Waals surface area contributed by atoms with E-state index in [9.17, 15) is 4.79 Å². The molecule has 2 fully saturated rings. The Hall–Kier alpha value is -2.44. The monoisotopic (exact) mass is 366 g/mol. The molecular weight excluding hydrogens is 340 g/mol. The summed E-state index contributed by atoms with van der Waals surface area (Å²) in [5, 5.41) is 16.5. The molecule has 1 unspecified atom stereocenters. The summed E-state index contributed by atoms with van der Waals surface area (Å²) in [4.78, 5) is 14.5. The molecule has 2 aromatic rings. The van der Waals surface area contributed by atoms with E-state index < -0.39 is 0 Å². The van der Waals surface area contributed by atoms with E-state index in [-0.39, 0.29) is 11.8 Å². The summed E-state index contributed by atoms with van der Waals surface area (Å²) in [7, 11) is 0. The molecule has 0 radical (unpaired) electrons. The lowest BCUT2D eigenvalue weighted by molar-refractivity contribution is -0.125. The van der Waals surface area contributed by atoms with Gasteiger partial charge in [0.1, 0.15) is 5.82 Å². The molecule has 142 valence electrons. The van der Waals surface area contributed by atoms with Gasteiger partial charge in [-0.2, -0.15) is 4.52 Å². The zero-order chi connectivity index (χ0) is 18.2. The Morgan fingerprint density at radius 3 is 2.78 bits per heavy atom. The quantitative estimate of drug-likeness (QED) is 0.822. The number of hydrogen-bond donors (Lipinski definition) is 1. The Morgan fingerprint density at radius 1 is 1.15 bits per heavy atom. The van der Waals surface area contributed by atoms with E-state index in [2.05, 4.69) is 32.6 Å². The van der Waals surface area contributed by atoms with Crippen LogP contribution < -0.4 is 10.2 Å². The molecule has 0 aromatic carbocycles. The Balaban J connectivity index is 1.17. The standard InChI is InChI=1S/C20H26N6O/c27-20(16-5-2-1-3-6-16)21-11-14-12-25(13-14)18-10-9-17-22-23-19(26(17)24-18)15-7-4-8-15/h1-2,9-10,14-16H,3-8,11-13H2,(H,21,27). The van der Waals surface area contributed by atoms with Gasteiger partial charge < -0.3 is 10.2 Å². The van der Waals surface area contributed by atoms with Crippen molar-refractivity contribution in [2.45, 2.75) is 44.4 Å².